The van der Waals surface area contributed by atoms with Crippen molar-refractivity contribution in [3.63, 3.8) is 0 Å². The van der Waals surface area contributed by atoms with Crippen LogP contribution in [0, 0.1) is 5.92 Å². The smallest absolute Gasteiger partial charge is 0.335 e. The highest BCUT2D eigenvalue weighted by atomic mass is 16.4. The molecule has 0 unspecified atom stereocenters. The summed E-state index contributed by atoms with van der Waals surface area (Å²) in [5, 5.41) is 9.08. The Balaban J connectivity index is 1.68. The van der Waals surface area contributed by atoms with Crippen LogP contribution in [0.25, 0.3) is 11.3 Å². The monoisotopic (exact) mass is 325 g/mol. The van der Waals surface area contributed by atoms with Crippen LogP contribution in [0.15, 0.2) is 36.7 Å². The van der Waals surface area contributed by atoms with Gasteiger partial charge in [0.1, 0.15) is 0 Å². The number of hydrogen-bond acceptors (Lipinski definition) is 4. The fourth-order valence-electron chi connectivity index (χ4n) is 3.21. The van der Waals surface area contributed by atoms with Gasteiger partial charge in [0.25, 0.3) is 0 Å². The van der Waals surface area contributed by atoms with E-state index < -0.39 is 5.97 Å². The van der Waals surface area contributed by atoms with Crippen molar-refractivity contribution < 1.29 is 9.90 Å². The molecule has 2 aromatic rings. The number of carboxylic acid groups (broad SMARTS) is 1. The summed E-state index contributed by atoms with van der Waals surface area (Å²) in [6, 6.07) is 7.39. The van der Waals surface area contributed by atoms with Gasteiger partial charge < -0.3 is 10.0 Å². The van der Waals surface area contributed by atoms with Gasteiger partial charge in [0.2, 0.25) is 0 Å². The summed E-state index contributed by atoms with van der Waals surface area (Å²) >= 11 is 0. The summed E-state index contributed by atoms with van der Waals surface area (Å²) < 4.78 is 0. The summed E-state index contributed by atoms with van der Waals surface area (Å²) in [5.41, 5.74) is 2.75. The number of aromatic nitrogens is 2. The van der Waals surface area contributed by atoms with E-state index in [1.807, 2.05) is 12.3 Å². The molecular weight excluding hydrogens is 302 g/mol. The molecule has 24 heavy (non-hydrogen) atoms. The van der Waals surface area contributed by atoms with Gasteiger partial charge in [0.05, 0.1) is 23.1 Å². The third kappa shape index (κ3) is 3.79. The number of benzene rings is 1. The van der Waals surface area contributed by atoms with Crippen molar-refractivity contribution in [1.82, 2.24) is 14.9 Å². The maximum absolute atomic E-state index is 11.1. The van der Waals surface area contributed by atoms with E-state index >= 15 is 0 Å². The molecule has 1 atom stereocenters. The minimum atomic E-state index is -0.933. The number of rotatable bonds is 5. The predicted molar refractivity (Wildman–Crippen MR) is 92.9 cm³/mol. The van der Waals surface area contributed by atoms with E-state index in [2.05, 4.69) is 28.7 Å². The average Bonchev–Trinajstić information content (AvgIpc) is 3.04. The molecule has 0 radical (unpaired) electrons. The number of hydrogen-bond donors (Lipinski definition) is 1. The van der Waals surface area contributed by atoms with Gasteiger partial charge in [-0.1, -0.05) is 12.1 Å². The molecule has 5 heteroatoms. The summed E-state index contributed by atoms with van der Waals surface area (Å²) in [6.07, 6.45) is 5.72. The Hall–Kier alpha value is -2.27. The summed E-state index contributed by atoms with van der Waals surface area (Å²) in [5.74, 6) is -0.291. The highest BCUT2D eigenvalue weighted by Gasteiger charge is 2.24. The zero-order valence-corrected chi connectivity index (χ0v) is 14.1. The molecule has 1 N–H and O–H groups in total. The van der Waals surface area contributed by atoms with Gasteiger partial charge in [-0.3, -0.25) is 9.97 Å². The van der Waals surface area contributed by atoms with Crippen LogP contribution in [-0.2, 0) is 6.42 Å². The first kappa shape index (κ1) is 16.6. The minimum absolute atomic E-state index is 0.262. The quantitative estimate of drug-likeness (QED) is 0.915. The molecule has 5 nitrogen and oxygen atoms in total. The van der Waals surface area contributed by atoms with Crippen LogP contribution in [0.4, 0.5) is 0 Å². The Morgan fingerprint density at radius 3 is 2.79 bits per heavy atom. The Bertz CT molecular complexity index is 713. The Morgan fingerprint density at radius 1 is 1.33 bits per heavy atom. The highest BCUT2D eigenvalue weighted by Crippen LogP contribution is 2.22. The summed E-state index contributed by atoms with van der Waals surface area (Å²) in [4.78, 5) is 22.6. The number of nitrogens with zero attached hydrogens (tertiary/aromatic N) is 3. The molecule has 1 aliphatic rings. The highest BCUT2D eigenvalue weighted by molar-refractivity contribution is 5.89. The van der Waals surface area contributed by atoms with Crippen molar-refractivity contribution in [2.45, 2.75) is 32.7 Å². The van der Waals surface area contributed by atoms with E-state index in [-0.39, 0.29) is 5.56 Å². The standard InChI is InChI=1S/C19H23N3O2/c1-13(2)22-7-6-14(12-22)8-17-10-21-18(11-20-17)15-4-3-5-16(9-15)19(23)24/h3-5,9-11,13-14H,6-8,12H2,1-2H3,(H,23,24)/t14-/m0/s1. The van der Waals surface area contributed by atoms with Crippen molar-refractivity contribution in [1.29, 1.82) is 0 Å². The predicted octanol–water partition coefficient (Wildman–Crippen LogP) is 3.11. The minimum Gasteiger partial charge on any atom is -0.478 e. The van der Waals surface area contributed by atoms with Gasteiger partial charge >= 0.3 is 5.97 Å². The lowest BCUT2D eigenvalue weighted by Gasteiger charge is -2.20. The maximum Gasteiger partial charge on any atom is 0.335 e. The fraction of sp³-hybridized carbons (Fsp3) is 0.421. The van der Waals surface area contributed by atoms with E-state index in [9.17, 15) is 4.79 Å². The van der Waals surface area contributed by atoms with Crippen LogP contribution < -0.4 is 0 Å². The van der Waals surface area contributed by atoms with Crippen LogP contribution in [-0.4, -0.2) is 45.1 Å². The van der Waals surface area contributed by atoms with E-state index in [1.165, 1.54) is 6.42 Å². The molecule has 1 fully saturated rings. The number of likely N-dealkylation sites (tertiary alicyclic amines) is 1. The lowest BCUT2D eigenvalue weighted by molar-refractivity contribution is 0.0697. The number of aromatic carboxylic acids is 1. The Morgan fingerprint density at radius 2 is 2.17 bits per heavy atom. The molecular formula is C19H23N3O2. The molecule has 0 aliphatic carbocycles. The maximum atomic E-state index is 11.1. The summed E-state index contributed by atoms with van der Waals surface area (Å²) in [6.45, 7) is 6.77. The Kier molecular flexibility index (Phi) is 4.90. The molecule has 1 aromatic carbocycles. The molecule has 1 aromatic heterocycles. The fourth-order valence-corrected chi connectivity index (χ4v) is 3.21. The molecule has 0 bridgehead atoms. The SMILES string of the molecule is CC(C)N1CC[C@@H](Cc2cnc(-c3cccc(C(=O)O)c3)cn2)C1. The van der Waals surface area contributed by atoms with Crippen LogP contribution in [0.5, 0.6) is 0 Å². The molecule has 0 saturated carbocycles. The zero-order chi connectivity index (χ0) is 17.1. The van der Waals surface area contributed by atoms with Crippen LogP contribution >= 0.6 is 0 Å². The van der Waals surface area contributed by atoms with Crippen LogP contribution in [0.3, 0.4) is 0 Å². The van der Waals surface area contributed by atoms with Crippen molar-refractivity contribution in [2.24, 2.45) is 5.92 Å². The van der Waals surface area contributed by atoms with Crippen LogP contribution in [0.2, 0.25) is 0 Å². The Labute approximate surface area is 142 Å². The molecule has 126 valence electrons. The number of carbonyl (C=O) groups is 1. The molecule has 2 heterocycles. The number of carboxylic acids is 1. The first-order valence-corrected chi connectivity index (χ1v) is 8.41. The van der Waals surface area contributed by atoms with Gasteiger partial charge in [-0.15, -0.1) is 0 Å². The largest absolute Gasteiger partial charge is 0.478 e. The first-order chi connectivity index (χ1) is 11.5. The molecule has 1 saturated heterocycles. The second-order valence-electron chi connectivity index (χ2n) is 6.73. The van der Waals surface area contributed by atoms with E-state index in [4.69, 9.17) is 5.11 Å². The van der Waals surface area contributed by atoms with Gasteiger partial charge in [-0.25, -0.2) is 4.79 Å². The van der Waals surface area contributed by atoms with E-state index in [0.717, 1.165) is 30.8 Å². The topological polar surface area (TPSA) is 66.3 Å². The second kappa shape index (κ2) is 7.09. The molecule has 0 amide bonds. The lowest BCUT2D eigenvalue weighted by atomic mass is 10.0. The van der Waals surface area contributed by atoms with Gasteiger partial charge in [0.15, 0.2) is 0 Å². The molecule has 1 aliphatic heterocycles. The normalized spacial score (nSPS) is 18.2. The summed E-state index contributed by atoms with van der Waals surface area (Å²) in [7, 11) is 0. The van der Waals surface area contributed by atoms with Crippen LogP contribution in [0.1, 0.15) is 36.3 Å². The van der Waals surface area contributed by atoms with Crippen molar-refractivity contribution in [3.8, 4) is 11.3 Å². The lowest BCUT2D eigenvalue weighted by Crippen LogP contribution is -2.28. The van der Waals surface area contributed by atoms with Gasteiger partial charge in [0, 0.05) is 24.3 Å². The third-order valence-corrected chi connectivity index (χ3v) is 4.66. The molecule has 3 rings (SSSR count). The van der Waals surface area contributed by atoms with Gasteiger partial charge in [-0.05, 0) is 51.3 Å². The van der Waals surface area contributed by atoms with E-state index in [1.54, 1.807) is 24.4 Å². The average molecular weight is 325 g/mol. The zero-order valence-electron chi connectivity index (χ0n) is 14.1. The second-order valence-corrected chi connectivity index (χ2v) is 6.73. The molecule has 0 spiro atoms. The third-order valence-electron chi connectivity index (χ3n) is 4.66. The van der Waals surface area contributed by atoms with Gasteiger partial charge in [-0.2, -0.15) is 0 Å². The van der Waals surface area contributed by atoms with Crippen molar-refractivity contribution in [3.05, 3.63) is 47.9 Å². The van der Waals surface area contributed by atoms with Crippen molar-refractivity contribution in [2.75, 3.05) is 13.1 Å². The van der Waals surface area contributed by atoms with E-state index in [0.29, 0.717) is 17.7 Å². The van der Waals surface area contributed by atoms with Crippen molar-refractivity contribution >= 4 is 5.97 Å². The first-order valence-electron chi connectivity index (χ1n) is 8.41.